The molecule has 132 valence electrons. The van der Waals surface area contributed by atoms with Crippen LogP contribution in [0.2, 0.25) is 0 Å². The molecule has 1 aliphatic carbocycles. The number of hydrogen-bond acceptors (Lipinski definition) is 5. The Labute approximate surface area is 138 Å². The largest absolute Gasteiger partial charge is 0.444 e. The molecule has 0 aromatic carbocycles. The standard InChI is InChI=1S/C17H30N2O4/c1-16(2,3)23-15(20)18-14-10-13(11-14)12-19-6-4-17(5-7-19)21-8-9-22-17/h13-14H,4-12H2,1-3H3,(H,18,20). The first-order valence-electron chi connectivity index (χ1n) is 8.83. The maximum absolute atomic E-state index is 11.7. The minimum Gasteiger partial charge on any atom is -0.444 e. The molecule has 0 unspecified atom stereocenters. The third kappa shape index (κ3) is 4.58. The molecule has 3 aliphatic rings. The molecule has 1 N–H and O–H groups in total. The number of rotatable bonds is 3. The van der Waals surface area contributed by atoms with E-state index in [1.54, 1.807) is 0 Å². The van der Waals surface area contributed by atoms with Gasteiger partial charge in [0.05, 0.1) is 13.2 Å². The van der Waals surface area contributed by atoms with Crippen LogP contribution in [0.15, 0.2) is 0 Å². The zero-order valence-electron chi connectivity index (χ0n) is 14.6. The van der Waals surface area contributed by atoms with Crippen molar-refractivity contribution in [2.24, 2.45) is 5.92 Å². The van der Waals surface area contributed by atoms with Crippen LogP contribution in [0.1, 0.15) is 46.5 Å². The molecule has 6 nitrogen and oxygen atoms in total. The Morgan fingerprint density at radius 3 is 2.39 bits per heavy atom. The number of ether oxygens (including phenoxy) is 3. The summed E-state index contributed by atoms with van der Waals surface area (Å²) < 4.78 is 16.8. The molecule has 0 bridgehead atoms. The van der Waals surface area contributed by atoms with Gasteiger partial charge in [-0.1, -0.05) is 0 Å². The second-order valence-electron chi connectivity index (χ2n) is 8.09. The van der Waals surface area contributed by atoms with Crippen LogP contribution in [0.4, 0.5) is 4.79 Å². The molecule has 0 aromatic rings. The summed E-state index contributed by atoms with van der Waals surface area (Å²) in [6.07, 6.45) is 3.75. The SMILES string of the molecule is CC(C)(C)OC(=O)NC1CC(CN2CCC3(CC2)OCCO3)C1. The highest BCUT2D eigenvalue weighted by Crippen LogP contribution is 2.34. The maximum atomic E-state index is 11.7. The Hall–Kier alpha value is -0.850. The summed E-state index contributed by atoms with van der Waals surface area (Å²) in [5.74, 6) is 0.395. The van der Waals surface area contributed by atoms with Crippen molar-refractivity contribution in [3.63, 3.8) is 0 Å². The first-order valence-corrected chi connectivity index (χ1v) is 8.83. The van der Waals surface area contributed by atoms with Crippen LogP contribution in [0.5, 0.6) is 0 Å². The monoisotopic (exact) mass is 326 g/mol. The molecule has 1 amide bonds. The van der Waals surface area contributed by atoms with Crippen molar-refractivity contribution < 1.29 is 19.0 Å². The first-order chi connectivity index (χ1) is 10.8. The normalized spacial score (nSPS) is 30.9. The summed E-state index contributed by atoms with van der Waals surface area (Å²) in [7, 11) is 0. The van der Waals surface area contributed by atoms with Crippen molar-refractivity contribution in [2.75, 3.05) is 32.8 Å². The summed E-state index contributed by atoms with van der Waals surface area (Å²) in [4.78, 5) is 14.2. The Kier molecular flexibility index (Phi) is 4.85. The van der Waals surface area contributed by atoms with E-state index in [1.165, 1.54) is 0 Å². The lowest BCUT2D eigenvalue weighted by Crippen LogP contribution is -2.51. The second kappa shape index (κ2) is 6.57. The number of carbonyl (C=O) groups is 1. The van der Waals surface area contributed by atoms with Crippen LogP contribution in [0, 0.1) is 5.92 Å². The van der Waals surface area contributed by atoms with Gasteiger partial charge in [-0.05, 0) is 39.5 Å². The van der Waals surface area contributed by atoms with Gasteiger partial charge in [0.2, 0.25) is 0 Å². The summed E-state index contributed by atoms with van der Waals surface area (Å²) >= 11 is 0. The lowest BCUT2D eigenvalue weighted by molar-refractivity contribution is -0.186. The van der Waals surface area contributed by atoms with Crippen molar-refractivity contribution in [1.29, 1.82) is 0 Å². The van der Waals surface area contributed by atoms with Gasteiger partial charge in [0.15, 0.2) is 5.79 Å². The van der Waals surface area contributed by atoms with E-state index in [2.05, 4.69) is 10.2 Å². The number of likely N-dealkylation sites (tertiary alicyclic amines) is 1. The molecular formula is C17H30N2O4. The van der Waals surface area contributed by atoms with E-state index in [0.717, 1.165) is 58.5 Å². The predicted molar refractivity (Wildman–Crippen MR) is 86.2 cm³/mol. The molecule has 23 heavy (non-hydrogen) atoms. The number of amides is 1. The zero-order chi connectivity index (χ0) is 16.5. The lowest BCUT2D eigenvalue weighted by Gasteiger charge is -2.42. The number of carbonyl (C=O) groups excluding carboxylic acids is 1. The Morgan fingerprint density at radius 1 is 1.22 bits per heavy atom. The van der Waals surface area contributed by atoms with Crippen LogP contribution in [0.25, 0.3) is 0 Å². The van der Waals surface area contributed by atoms with Crippen LogP contribution in [-0.4, -0.2) is 61.3 Å². The Morgan fingerprint density at radius 2 is 1.83 bits per heavy atom. The molecule has 2 saturated heterocycles. The van der Waals surface area contributed by atoms with Gasteiger partial charge in [0.25, 0.3) is 0 Å². The lowest BCUT2D eigenvalue weighted by atomic mass is 9.79. The predicted octanol–water partition coefficient (Wildman–Crippen LogP) is 2.13. The van der Waals surface area contributed by atoms with Gasteiger partial charge in [-0.15, -0.1) is 0 Å². The third-order valence-corrected chi connectivity index (χ3v) is 4.90. The molecule has 6 heteroatoms. The molecule has 0 aromatic heterocycles. The highest BCUT2D eigenvalue weighted by Gasteiger charge is 2.41. The quantitative estimate of drug-likeness (QED) is 0.861. The molecule has 2 aliphatic heterocycles. The highest BCUT2D eigenvalue weighted by molar-refractivity contribution is 5.68. The highest BCUT2D eigenvalue weighted by atomic mass is 16.7. The molecule has 0 radical (unpaired) electrons. The van der Waals surface area contributed by atoms with Gasteiger partial charge in [-0.2, -0.15) is 0 Å². The second-order valence-corrected chi connectivity index (χ2v) is 8.09. The van der Waals surface area contributed by atoms with Crippen molar-refractivity contribution in [2.45, 2.75) is 63.9 Å². The smallest absolute Gasteiger partial charge is 0.407 e. The topological polar surface area (TPSA) is 60.0 Å². The average molecular weight is 326 g/mol. The van der Waals surface area contributed by atoms with Crippen molar-refractivity contribution >= 4 is 6.09 Å². The molecule has 3 rings (SSSR count). The fourth-order valence-electron chi connectivity index (χ4n) is 3.70. The van der Waals surface area contributed by atoms with Crippen LogP contribution >= 0.6 is 0 Å². The van der Waals surface area contributed by atoms with Crippen molar-refractivity contribution in [3.8, 4) is 0 Å². The number of hydrogen-bond donors (Lipinski definition) is 1. The van der Waals surface area contributed by atoms with Crippen LogP contribution < -0.4 is 5.32 Å². The van der Waals surface area contributed by atoms with Gasteiger partial charge in [0, 0.05) is 38.5 Å². The molecule has 0 atom stereocenters. The van der Waals surface area contributed by atoms with Crippen LogP contribution in [0.3, 0.4) is 0 Å². The van der Waals surface area contributed by atoms with Crippen molar-refractivity contribution in [1.82, 2.24) is 10.2 Å². The first kappa shape index (κ1) is 17.0. The van der Waals surface area contributed by atoms with E-state index >= 15 is 0 Å². The number of nitrogens with zero attached hydrogens (tertiary/aromatic N) is 1. The Bertz CT molecular complexity index is 413. The fourth-order valence-corrected chi connectivity index (χ4v) is 3.70. The van der Waals surface area contributed by atoms with Gasteiger partial charge in [-0.25, -0.2) is 4.79 Å². The van der Waals surface area contributed by atoms with Crippen LogP contribution in [-0.2, 0) is 14.2 Å². The number of piperidine rings is 1. The summed E-state index contributed by atoms with van der Waals surface area (Å²) in [5.41, 5.74) is -0.429. The minimum absolute atomic E-state index is 0.271. The number of nitrogens with one attached hydrogen (secondary N) is 1. The van der Waals surface area contributed by atoms with E-state index in [4.69, 9.17) is 14.2 Å². The zero-order valence-corrected chi connectivity index (χ0v) is 14.6. The molecule has 1 spiro atoms. The van der Waals surface area contributed by atoms with E-state index < -0.39 is 5.60 Å². The van der Waals surface area contributed by atoms with Gasteiger partial charge in [-0.3, -0.25) is 0 Å². The number of alkyl carbamates (subject to hydrolysis) is 1. The van der Waals surface area contributed by atoms with E-state index in [1.807, 2.05) is 20.8 Å². The van der Waals surface area contributed by atoms with E-state index in [9.17, 15) is 4.79 Å². The molecule has 2 heterocycles. The van der Waals surface area contributed by atoms with E-state index in [0.29, 0.717) is 5.92 Å². The van der Waals surface area contributed by atoms with Gasteiger partial charge in [0.1, 0.15) is 5.60 Å². The van der Waals surface area contributed by atoms with E-state index in [-0.39, 0.29) is 17.9 Å². The minimum atomic E-state index is -0.429. The molecular weight excluding hydrogens is 296 g/mol. The third-order valence-electron chi connectivity index (χ3n) is 4.90. The van der Waals surface area contributed by atoms with Gasteiger partial charge >= 0.3 is 6.09 Å². The van der Waals surface area contributed by atoms with Gasteiger partial charge < -0.3 is 24.4 Å². The van der Waals surface area contributed by atoms with Crippen molar-refractivity contribution in [3.05, 3.63) is 0 Å². The summed E-state index contributed by atoms with van der Waals surface area (Å²) in [6.45, 7) is 10.3. The Balaban J connectivity index is 1.31. The summed E-state index contributed by atoms with van der Waals surface area (Å²) in [6, 6.07) is 0.271. The maximum Gasteiger partial charge on any atom is 0.407 e. The summed E-state index contributed by atoms with van der Waals surface area (Å²) in [5, 5.41) is 2.96. The molecule has 3 fully saturated rings. The average Bonchev–Trinajstić information content (AvgIpc) is 2.85. The molecule has 1 saturated carbocycles. The fraction of sp³-hybridized carbons (Fsp3) is 0.941.